The van der Waals surface area contributed by atoms with Gasteiger partial charge in [-0.1, -0.05) is 24.3 Å². The highest BCUT2D eigenvalue weighted by Gasteiger charge is 2.23. The fourth-order valence-electron chi connectivity index (χ4n) is 3.55. The van der Waals surface area contributed by atoms with Crippen LogP contribution in [0.1, 0.15) is 15.9 Å². The molecule has 0 bridgehead atoms. The van der Waals surface area contributed by atoms with Crippen LogP contribution in [0.4, 0.5) is 0 Å². The lowest BCUT2D eigenvalue weighted by Gasteiger charge is -2.14. The SMILES string of the molecule is O=C(NCc1ccc2c(c1)OCO2)c1c(O)c2cccnc2n(-c2ccccc2)c1=O. The molecule has 0 fully saturated rings. The first-order valence-electron chi connectivity index (χ1n) is 9.58. The number of amides is 1. The highest BCUT2D eigenvalue weighted by atomic mass is 16.7. The Morgan fingerprint density at radius 3 is 2.71 bits per heavy atom. The monoisotopic (exact) mass is 415 g/mol. The average molecular weight is 415 g/mol. The number of hydrogen-bond acceptors (Lipinski definition) is 6. The minimum Gasteiger partial charge on any atom is -0.506 e. The zero-order valence-electron chi connectivity index (χ0n) is 16.2. The van der Waals surface area contributed by atoms with Crippen molar-refractivity contribution in [2.45, 2.75) is 6.54 Å². The number of aromatic nitrogens is 2. The molecule has 1 amide bonds. The molecule has 2 N–H and O–H groups in total. The van der Waals surface area contributed by atoms with Crippen LogP contribution in [0, 0.1) is 0 Å². The van der Waals surface area contributed by atoms with Crippen molar-refractivity contribution in [3.63, 3.8) is 0 Å². The van der Waals surface area contributed by atoms with Gasteiger partial charge < -0.3 is 19.9 Å². The van der Waals surface area contributed by atoms with Gasteiger partial charge in [0, 0.05) is 12.7 Å². The molecule has 3 heterocycles. The van der Waals surface area contributed by atoms with Crippen molar-refractivity contribution in [3.8, 4) is 22.9 Å². The minimum atomic E-state index is -0.685. The summed E-state index contributed by atoms with van der Waals surface area (Å²) < 4.78 is 12.0. The summed E-state index contributed by atoms with van der Waals surface area (Å²) in [6.07, 6.45) is 1.53. The Labute approximate surface area is 176 Å². The van der Waals surface area contributed by atoms with Crippen molar-refractivity contribution >= 4 is 16.9 Å². The van der Waals surface area contributed by atoms with Crippen LogP contribution in [0.5, 0.6) is 17.2 Å². The van der Waals surface area contributed by atoms with E-state index in [-0.39, 0.29) is 24.5 Å². The van der Waals surface area contributed by atoms with Crippen LogP contribution in [0.2, 0.25) is 0 Å². The average Bonchev–Trinajstić information content (AvgIpc) is 3.26. The Hall–Kier alpha value is -4.33. The Balaban J connectivity index is 1.55. The van der Waals surface area contributed by atoms with E-state index in [0.717, 1.165) is 5.56 Å². The zero-order chi connectivity index (χ0) is 21.4. The standard InChI is InChI=1S/C23H17N3O5/c27-20-16-7-4-10-24-21(16)26(15-5-2-1-3-6-15)23(29)19(20)22(28)25-12-14-8-9-17-18(11-14)31-13-30-17/h1-11,27H,12-13H2,(H,25,28). The predicted molar refractivity (Wildman–Crippen MR) is 113 cm³/mol. The number of carbonyl (C=O) groups excluding carboxylic acids is 1. The summed E-state index contributed by atoms with van der Waals surface area (Å²) >= 11 is 0. The van der Waals surface area contributed by atoms with E-state index in [0.29, 0.717) is 22.6 Å². The molecule has 0 atom stereocenters. The van der Waals surface area contributed by atoms with Crippen LogP contribution in [-0.4, -0.2) is 27.4 Å². The van der Waals surface area contributed by atoms with E-state index in [1.165, 1.54) is 10.8 Å². The van der Waals surface area contributed by atoms with Crippen LogP contribution in [0.25, 0.3) is 16.7 Å². The molecular weight excluding hydrogens is 398 g/mol. The molecule has 0 radical (unpaired) electrons. The van der Waals surface area contributed by atoms with Crippen LogP contribution < -0.4 is 20.3 Å². The van der Waals surface area contributed by atoms with Gasteiger partial charge in [0.2, 0.25) is 6.79 Å². The zero-order valence-corrected chi connectivity index (χ0v) is 16.2. The van der Waals surface area contributed by atoms with Gasteiger partial charge in [-0.3, -0.25) is 14.2 Å². The maximum atomic E-state index is 13.3. The number of carbonyl (C=O) groups is 1. The topological polar surface area (TPSA) is 103 Å². The third-order valence-corrected chi connectivity index (χ3v) is 5.04. The quantitative estimate of drug-likeness (QED) is 0.531. The maximum absolute atomic E-state index is 13.3. The van der Waals surface area contributed by atoms with E-state index in [1.807, 2.05) is 6.07 Å². The number of aromatic hydroxyl groups is 1. The van der Waals surface area contributed by atoms with Gasteiger partial charge in [-0.2, -0.15) is 0 Å². The van der Waals surface area contributed by atoms with Crippen molar-refractivity contribution < 1.29 is 19.4 Å². The van der Waals surface area contributed by atoms with Crippen molar-refractivity contribution in [1.82, 2.24) is 14.9 Å². The minimum absolute atomic E-state index is 0.144. The maximum Gasteiger partial charge on any atom is 0.273 e. The Kier molecular flexibility index (Phi) is 4.51. The molecule has 2 aromatic carbocycles. The third-order valence-electron chi connectivity index (χ3n) is 5.04. The van der Waals surface area contributed by atoms with Gasteiger partial charge in [0.25, 0.3) is 11.5 Å². The predicted octanol–water partition coefficient (Wildman–Crippen LogP) is 2.75. The molecule has 154 valence electrons. The lowest BCUT2D eigenvalue weighted by molar-refractivity contribution is 0.0946. The second-order valence-corrected chi connectivity index (χ2v) is 6.94. The van der Waals surface area contributed by atoms with E-state index in [2.05, 4.69) is 10.3 Å². The summed E-state index contributed by atoms with van der Waals surface area (Å²) in [5.74, 6) is 0.150. The van der Waals surface area contributed by atoms with Crippen molar-refractivity contribution in [2.75, 3.05) is 6.79 Å². The first kappa shape index (κ1) is 18.7. The number of benzene rings is 2. The number of fused-ring (bicyclic) bond motifs is 2. The van der Waals surface area contributed by atoms with E-state index in [9.17, 15) is 14.7 Å². The molecule has 5 rings (SSSR count). The first-order valence-corrected chi connectivity index (χ1v) is 9.58. The number of ether oxygens (including phenoxy) is 2. The molecule has 0 saturated heterocycles. The normalized spacial score (nSPS) is 12.1. The van der Waals surface area contributed by atoms with Gasteiger partial charge in [-0.05, 0) is 42.0 Å². The van der Waals surface area contributed by atoms with Crippen LogP contribution >= 0.6 is 0 Å². The molecular formula is C23H17N3O5. The van der Waals surface area contributed by atoms with Crippen molar-refractivity contribution in [3.05, 3.63) is 88.3 Å². The van der Waals surface area contributed by atoms with E-state index < -0.39 is 17.2 Å². The van der Waals surface area contributed by atoms with E-state index in [1.54, 1.807) is 54.6 Å². The lowest BCUT2D eigenvalue weighted by atomic mass is 10.1. The fourth-order valence-corrected chi connectivity index (χ4v) is 3.55. The van der Waals surface area contributed by atoms with E-state index >= 15 is 0 Å². The molecule has 8 nitrogen and oxygen atoms in total. The molecule has 1 aliphatic rings. The summed E-state index contributed by atoms with van der Waals surface area (Å²) in [5.41, 5.74) is 0.579. The summed E-state index contributed by atoms with van der Waals surface area (Å²) in [5, 5.41) is 13.8. The van der Waals surface area contributed by atoms with Crippen LogP contribution in [-0.2, 0) is 6.54 Å². The third kappa shape index (κ3) is 3.24. The number of pyridine rings is 2. The van der Waals surface area contributed by atoms with Crippen molar-refractivity contribution in [1.29, 1.82) is 0 Å². The summed E-state index contributed by atoms with van der Waals surface area (Å²) in [6, 6.07) is 17.4. The molecule has 0 aliphatic carbocycles. The van der Waals surface area contributed by atoms with Gasteiger partial charge in [0.15, 0.2) is 17.1 Å². The van der Waals surface area contributed by atoms with Gasteiger partial charge in [-0.15, -0.1) is 0 Å². The van der Waals surface area contributed by atoms with Gasteiger partial charge in [-0.25, -0.2) is 4.98 Å². The molecule has 0 saturated carbocycles. The number of rotatable bonds is 4. The number of para-hydroxylation sites is 1. The molecule has 1 aliphatic heterocycles. The van der Waals surface area contributed by atoms with Crippen LogP contribution in [0.3, 0.4) is 0 Å². The number of nitrogens with one attached hydrogen (secondary N) is 1. The second-order valence-electron chi connectivity index (χ2n) is 6.94. The molecule has 31 heavy (non-hydrogen) atoms. The molecule has 2 aromatic heterocycles. The fraction of sp³-hybridized carbons (Fsp3) is 0.0870. The lowest BCUT2D eigenvalue weighted by Crippen LogP contribution is -2.33. The number of hydrogen-bond donors (Lipinski definition) is 2. The first-order chi connectivity index (χ1) is 15.1. The Morgan fingerprint density at radius 2 is 1.87 bits per heavy atom. The van der Waals surface area contributed by atoms with Crippen molar-refractivity contribution in [2.24, 2.45) is 0 Å². The number of nitrogens with zero attached hydrogens (tertiary/aromatic N) is 2. The smallest absolute Gasteiger partial charge is 0.273 e. The highest BCUT2D eigenvalue weighted by Crippen LogP contribution is 2.32. The van der Waals surface area contributed by atoms with Crippen LogP contribution in [0.15, 0.2) is 71.7 Å². The molecule has 4 aromatic rings. The van der Waals surface area contributed by atoms with E-state index in [4.69, 9.17) is 9.47 Å². The van der Waals surface area contributed by atoms with Gasteiger partial charge >= 0.3 is 0 Å². The van der Waals surface area contributed by atoms with Gasteiger partial charge in [0.1, 0.15) is 11.3 Å². The summed E-state index contributed by atoms with van der Waals surface area (Å²) in [4.78, 5) is 30.5. The largest absolute Gasteiger partial charge is 0.506 e. The molecule has 0 spiro atoms. The summed E-state index contributed by atoms with van der Waals surface area (Å²) in [6.45, 7) is 0.300. The highest BCUT2D eigenvalue weighted by molar-refractivity contribution is 6.02. The second kappa shape index (κ2) is 7.49. The Morgan fingerprint density at radius 1 is 1.06 bits per heavy atom. The Bertz CT molecular complexity index is 1370. The molecule has 0 unspecified atom stereocenters. The summed E-state index contributed by atoms with van der Waals surface area (Å²) in [7, 11) is 0. The molecule has 8 heteroatoms. The van der Waals surface area contributed by atoms with Gasteiger partial charge in [0.05, 0.1) is 11.1 Å².